The van der Waals surface area contributed by atoms with Crippen molar-refractivity contribution in [2.75, 3.05) is 59.3 Å². The van der Waals surface area contributed by atoms with Crippen molar-refractivity contribution >= 4 is 63.5 Å². The quantitative estimate of drug-likeness (QED) is 0.0144. The SMILES string of the molecule is CO[C@@H]1[C@H](OCOC[C@H]2O[C@@H](n3ccc(=O)[nH]c3=O)[C@H](O)[C@@H]2O)[C@@H](COP(=O)(O)OP(=O)(O)OP(=O)([O-])OC[C@H]2O[C@@H](n3c[n+](C)c4c(=O)[nH]c(N)nc43)[C@H](O)[C@@H]2CC(=O)N(C)C)O[C@H]1n1cnc2c(N)ncnc21. The number of hydrogen-bond acceptors (Lipinski definition) is 27. The molecule has 39 heteroatoms. The predicted molar refractivity (Wildman–Crippen MR) is 241 cm³/mol. The number of amides is 1. The van der Waals surface area contributed by atoms with Crippen LogP contribution in [0.15, 0.2) is 45.6 Å². The number of imidazole rings is 2. The summed E-state index contributed by atoms with van der Waals surface area (Å²) in [4.78, 5) is 105. The Hall–Kier alpha value is -5.30. The van der Waals surface area contributed by atoms with E-state index in [1.807, 2.05) is 4.98 Å². The second-order valence-electron chi connectivity index (χ2n) is 17.1. The molecule has 3 unspecified atom stereocenters. The normalized spacial score (nSPS) is 29.4. The maximum atomic E-state index is 13.2. The summed E-state index contributed by atoms with van der Waals surface area (Å²) in [5.74, 6) is -2.08. The molecule has 8 heterocycles. The number of carbonyl (C=O) groups excluding carboxylic acids is 1. The number of aliphatic hydroxyl groups is 3. The minimum absolute atomic E-state index is 0.00182. The molecule has 3 fully saturated rings. The number of methoxy groups -OCH3 is 1. The van der Waals surface area contributed by atoms with Gasteiger partial charge in [0.2, 0.25) is 24.4 Å². The second kappa shape index (κ2) is 22.0. The molecular weight excluding hydrogens is 1080 g/mol. The van der Waals surface area contributed by atoms with E-state index in [1.54, 1.807) is 0 Å². The summed E-state index contributed by atoms with van der Waals surface area (Å²) >= 11 is 0. The highest BCUT2D eigenvalue weighted by Crippen LogP contribution is 2.67. The summed E-state index contributed by atoms with van der Waals surface area (Å²) in [5, 5.41) is 32.7. The third-order valence-electron chi connectivity index (χ3n) is 12.0. The van der Waals surface area contributed by atoms with E-state index in [1.165, 1.54) is 59.5 Å². The summed E-state index contributed by atoms with van der Waals surface area (Å²) in [6, 6.07) is 1.000. The van der Waals surface area contributed by atoms with Gasteiger partial charge in [0.05, 0.1) is 39.3 Å². The van der Waals surface area contributed by atoms with Crippen LogP contribution in [0.1, 0.15) is 25.1 Å². The lowest BCUT2D eigenvalue weighted by Crippen LogP contribution is -2.39. The minimum Gasteiger partial charge on any atom is -0.756 e. The van der Waals surface area contributed by atoms with Crippen LogP contribution >= 0.6 is 23.5 Å². The van der Waals surface area contributed by atoms with Crippen LogP contribution in [0.25, 0.3) is 22.3 Å². The molecule has 36 nitrogen and oxygen atoms in total. The first-order valence-corrected chi connectivity index (χ1v) is 26.4. The van der Waals surface area contributed by atoms with E-state index in [2.05, 4.69) is 33.5 Å². The van der Waals surface area contributed by atoms with Crippen LogP contribution in [-0.2, 0) is 71.6 Å². The molecule has 0 aliphatic carbocycles. The Labute approximate surface area is 419 Å². The van der Waals surface area contributed by atoms with E-state index in [-0.39, 0.29) is 34.1 Å². The number of rotatable bonds is 21. The minimum atomic E-state index is -6.19. The molecular formula is C36H50N13O23P3. The summed E-state index contributed by atoms with van der Waals surface area (Å²) in [5.41, 5.74) is 9.62. The first-order chi connectivity index (χ1) is 35.3. The number of ether oxygens (including phenoxy) is 6. The van der Waals surface area contributed by atoms with Crippen molar-refractivity contribution in [3.63, 3.8) is 0 Å². The zero-order chi connectivity index (χ0) is 54.5. The number of aliphatic hydroxyl groups excluding tert-OH is 3. The number of nitrogens with one attached hydrogen (secondary N) is 2. The topological polar surface area (TPSA) is 493 Å². The van der Waals surface area contributed by atoms with Crippen molar-refractivity contribution in [3.8, 4) is 0 Å². The van der Waals surface area contributed by atoms with Crippen molar-refractivity contribution in [3.05, 3.63) is 62.4 Å². The number of nitrogens with two attached hydrogens (primary N) is 2. The van der Waals surface area contributed by atoms with Crippen molar-refractivity contribution in [2.45, 2.75) is 73.9 Å². The molecule has 0 radical (unpaired) electrons. The fourth-order valence-electron chi connectivity index (χ4n) is 8.52. The van der Waals surface area contributed by atoms with Gasteiger partial charge in [-0.1, -0.05) is 0 Å². The molecule has 11 N–H and O–H groups in total. The van der Waals surface area contributed by atoms with Crippen molar-refractivity contribution in [2.24, 2.45) is 13.0 Å². The number of aromatic amines is 2. The first kappa shape index (κ1) is 55.9. The third kappa shape index (κ3) is 12.0. The molecule has 0 saturated carbocycles. The van der Waals surface area contributed by atoms with Gasteiger partial charge in [0.1, 0.15) is 61.4 Å². The van der Waals surface area contributed by atoms with Crippen molar-refractivity contribution < 1.29 is 99.1 Å². The number of aromatic nitrogens is 10. The van der Waals surface area contributed by atoms with Gasteiger partial charge in [-0.3, -0.25) is 42.6 Å². The van der Waals surface area contributed by atoms with Gasteiger partial charge in [0.15, 0.2) is 23.9 Å². The number of hydrogen-bond donors (Lipinski definition) is 9. The summed E-state index contributed by atoms with van der Waals surface area (Å²) < 4.78 is 97.3. The van der Waals surface area contributed by atoms with Crippen molar-refractivity contribution in [1.82, 2.24) is 48.5 Å². The molecule has 0 spiro atoms. The Morgan fingerprint density at radius 2 is 1.55 bits per heavy atom. The van der Waals surface area contributed by atoms with Crippen molar-refractivity contribution in [1.29, 1.82) is 0 Å². The Morgan fingerprint density at radius 3 is 2.25 bits per heavy atom. The van der Waals surface area contributed by atoms with Crippen LogP contribution in [0, 0.1) is 5.92 Å². The van der Waals surface area contributed by atoms with E-state index < -0.39 is 153 Å². The molecule has 8 rings (SSSR count). The van der Waals surface area contributed by atoms with Crippen LogP contribution in [0.2, 0.25) is 0 Å². The van der Waals surface area contributed by atoms with Crippen LogP contribution in [0.5, 0.6) is 0 Å². The number of anilines is 2. The smallest absolute Gasteiger partial charge is 0.487 e. The van der Waals surface area contributed by atoms with Gasteiger partial charge in [-0.05, 0) is 0 Å². The van der Waals surface area contributed by atoms with E-state index in [9.17, 15) is 62.9 Å². The average Bonchev–Trinajstić information content (AvgIpc) is 4.12. The van der Waals surface area contributed by atoms with Crippen LogP contribution in [-0.4, -0.2) is 176 Å². The molecule has 5 aromatic heterocycles. The molecule has 75 heavy (non-hydrogen) atoms. The lowest BCUT2D eigenvalue weighted by Gasteiger charge is -2.27. The average molecular weight is 1130 g/mol. The summed E-state index contributed by atoms with van der Waals surface area (Å²) in [7, 11) is -12.6. The lowest BCUT2D eigenvalue weighted by atomic mass is 9.94. The Balaban J connectivity index is 0.925. The number of nitrogen functional groups attached to an aromatic ring is 2. The Bertz CT molecular complexity index is 3240. The van der Waals surface area contributed by atoms with Gasteiger partial charge in [0, 0.05) is 45.8 Å². The first-order valence-electron chi connectivity index (χ1n) is 21.9. The number of nitrogens with zero attached hydrogens (tertiary/aromatic N) is 9. The molecule has 5 aromatic rings. The van der Waals surface area contributed by atoms with Crippen LogP contribution in [0.3, 0.4) is 0 Å². The predicted octanol–water partition coefficient (Wildman–Crippen LogP) is -4.92. The fraction of sp³-hybridized carbons (Fsp3) is 0.583. The van der Waals surface area contributed by atoms with Gasteiger partial charge in [-0.15, -0.1) is 0 Å². The molecule has 412 valence electrons. The highest BCUT2D eigenvalue weighted by atomic mass is 31.3. The van der Waals surface area contributed by atoms with Gasteiger partial charge >= 0.3 is 26.9 Å². The van der Waals surface area contributed by atoms with Crippen LogP contribution in [0.4, 0.5) is 11.8 Å². The zero-order valence-electron chi connectivity index (χ0n) is 39.5. The Kier molecular flexibility index (Phi) is 16.4. The standard InChI is InChI=1S/C36H50N13O23P3/c1-45(2)20(51)7-15-16(68-32(23(15)52)49-13-46(3)22-30(49)43-35(38)44-31(22)55)9-66-73(57,58)71-75(61,62)72-74(59,60)67-10-18-26(27(63-4)34(70-18)48-12-41-21-28(37)39-11-40-29(21)48)65-14-64-8-17-24(53)25(54)33(69-17)47-6-5-19(50)42-36(47)56/h5-6,11-13,15-18,23-27,32-34,52-54H,7-10,14H2,1-4H3,(H8-,37,38,39,40,42,43,44,50,55,56,57,58,59,60,61,62)/t15-,16-,17-,18-,23-,24-,25-,26-,27-,32-,33-,34-/m1/s1. The number of carbonyl (C=O) groups is 1. The molecule has 1 amide bonds. The summed E-state index contributed by atoms with van der Waals surface area (Å²) in [6.07, 6.45) is -11.5. The molecule has 0 aromatic carbocycles. The number of aryl methyl sites for hydroxylation is 1. The zero-order valence-corrected chi connectivity index (χ0v) is 42.1. The Morgan fingerprint density at radius 1 is 0.853 bits per heavy atom. The molecule has 3 aliphatic rings. The monoisotopic (exact) mass is 1130 g/mol. The molecule has 15 atom stereocenters. The van der Waals surface area contributed by atoms with E-state index in [0.717, 1.165) is 23.2 Å². The summed E-state index contributed by atoms with van der Waals surface area (Å²) in [6.45, 7) is -3.28. The van der Waals surface area contributed by atoms with Gasteiger partial charge < -0.3 is 79.3 Å². The highest BCUT2D eigenvalue weighted by molar-refractivity contribution is 7.66. The van der Waals surface area contributed by atoms with Crippen LogP contribution < -0.4 is 37.7 Å². The second-order valence-corrected chi connectivity index (χ2v) is 21.7. The molecule has 3 saturated heterocycles. The van der Waals surface area contributed by atoms with E-state index in [0.29, 0.717) is 0 Å². The number of H-pyrrole nitrogens is 2. The third-order valence-corrected chi connectivity index (χ3v) is 16.2. The fourth-order valence-corrected chi connectivity index (χ4v) is 12.0. The maximum absolute atomic E-state index is 13.2. The largest absolute Gasteiger partial charge is 0.756 e. The molecule has 3 aliphatic heterocycles. The van der Waals surface area contributed by atoms with Gasteiger partial charge in [0.25, 0.3) is 24.5 Å². The highest BCUT2D eigenvalue weighted by Gasteiger charge is 2.52. The number of fused-ring (bicyclic) bond motifs is 2. The van der Waals surface area contributed by atoms with E-state index in [4.69, 9.17) is 48.9 Å². The lowest BCUT2D eigenvalue weighted by molar-refractivity contribution is -0.646. The van der Waals surface area contributed by atoms with Gasteiger partial charge in [-0.2, -0.15) is 13.9 Å². The number of phosphoric ester groups is 2. The number of phosphoric acid groups is 3. The van der Waals surface area contributed by atoms with E-state index >= 15 is 0 Å². The maximum Gasteiger partial charge on any atom is 0.487 e. The van der Waals surface area contributed by atoms with Gasteiger partial charge in [-0.25, -0.2) is 37.8 Å². The molecule has 0 bridgehead atoms.